The van der Waals surface area contributed by atoms with Gasteiger partial charge in [0.05, 0.1) is 16.8 Å². The van der Waals surface area contributed by atoms with Gasteiger partial charge in [0.15, 0.2) is 0 Å². The Bertz CT molecular complexity index is 925. The SMILES string of the molecule is O=C(O)c1cnc2c(C(F)(F)F)cccc2c1NCc1ccccc1. The molecule has 0 saturated heterocycles. The molecule has 1 heterocycles. The quantitative estimate of drug-likeness (QED) is 0.727. The number of hydrogen-bond acceptors (Lipinski definition) is 3. The molecule has 0 bridgehead atoms. The van der Waals surface area contributed by atoms with E-state index in [1.165, 1.54) is 12.1 Å². The van der Waals surface area contributed by atoms with Crippen molar-refractivity contribution in [1.82, 2.24) is 4.98 Å². The maximum Gasteiger partial charge on any atom is 0.418 e. The number of carboxylic acid groups (broad SMARTS) is 1. The van der Waals surface area contributed by atoms with Crippen LogP contribution in [0.3, 0.4) is 0 Å². The van der Waals surface area contributed by atoms with Gasteiger partial charge >= 0.3 is 12.1 Å². The molecule has 1 aromatic heterocycles. The van der Waals surface area contributed by atoms with Crippen molar-refractivity contribution in [3.63, 3.8) is 0 Å². The number of carboxylic acids is 1. The van der Waals surface area contributed by atoms with E-state index in [1.54, 1.807) is 0 Å². The van der Waals surface area contributed by atoms with Crippen molar-refractivity contribution < 1.29 is 23.1 Å². The van der Waals surface area contributed by atoms with E-state index in [1.807, 2.05) is 30.3 Å². The predicted octanol–water partition coefficient (Wildman–Crippen LogP) is 4.56. The van der Waals surface area contributed by atoms with Gasteiger partial charge in [0.25, 0.3) is 0 Å². The minimum atomic E-state index is -4.58. The number of halogens is 3. The number of benzene rings is 2. The molecule has 0 amide bonds. The van der Waals surface area contributed by atoms with Crippen LogP contribution in [0.5, 0.6) is 0 Å². The number of nitrogens with one attached hydrogen (secondary N) is 1. The first-order chi connectivity index (χ1) is 11.9. The van der Waals surface area contributed by atoms with Crippen molar-refractivity contribution >= 4 is 22.6 Å². The zero-order valence-electron chi connectivity index (χ0n) is 12.8. The number of hydrogen-bond donors (Lipinski definition) is 2. The summed E-state index contributed by atoms with van der Waals surface area (Å²) < 4.78 is 39.5. The van der Waals surface area contributed by atoms with E-state index >= 15 is 0 Å². The van der Waals surface area contributed by atoms with E-state index in [4.69, 9.17) is 0 Å². The summed E-state index contributed by atoms with van der Waals surface area (Å²) in [5.74, 6) is -1.26. The molecule has 128 valence electrons. The summed E-state index contributed by atoms with van der Waals surface area (Å²) >= 11 is 0. The molecule has 0 saturated carbocycles. The van der Waals surface area contributed by atoms with Gasteiger partial charge in [-0.1, -0.05) is 42.5 Å². The van der Waals surface area contributed by atoms with E-state index in [2.05, 4.69) is 10.3 Å². The number of pyridine rings is 1. The molecule has 3 rings (SSSR count). The third-order valence-electron chi connectivity index (χ3n) is 3.75. The van der Waals surface area contributed by atoms with E-state index in [0.29, 0.717) is 0 Å². The molecule has 2 N–H and O–H groups in total. The summed E-state index contributed by atoms with van der Waals surface area (Å²) in [5.41, 5.74) is -0.369. The van der Waals surface area contributed by atoms with Crippen LogP contribution in [0, 0.1) is 0 Å². The minimum absolute atomic E-state index is 0.116. The van der Waals surface area contributed by atoms with Gasteiger partial charge < -0.3 is 10.4 Å². The molecule has 0 aliphatic heterocycles. The van der Waals surface area contributed by atoms with Crippen LogP contribution in [0.1, 0.15) is 21.5 Å². The number of rotatable bonds is 4. The first-order valence-electron chi connectivity index (χ1n) is 7.38. The molecular formula is C18H13F3N2O2. The van der Waals surface area contributed by atoms with E-state index < -0.39 is 17.7 Å². The first kappa shape index (κ1) is 16.8. The largest absolute Gasteiger partial charge is 0.478 e. The Labute approximate surface area is 140 Å². The summed E-state index contributed by atoms with van der Waals surface area (Å²) in [6.45, 7) is 0.274. The average Bonchev–Trinajstić information content (AvgIpc) is 2.58. The Kier molecular flexibility index (Phi) is 4.31. The zero-order chi connectivity index (χ0) is 18.0. The summed E-state index contributed by atoms with van der Waals surface area (Å²) in [4.78, 5) is 15.2. The molecule has 0 aliphatic carbocycles. The highest BCUT2D eigenvalue weighted by molar-refractivity contribution is 6.05. The van der Waals surface area contributed by atoms with Gasteiger partial charge in [0, 0.05) is 18.1 Å². The summed E-state index contributed by atoms with van der Waals surface area (Å²) in [6, 6.07) is 12.7. The van der Waals surface area contributed by atoms with Crippen molar-refractivity contribution in [2.45, 2.75) is 12.7 Å². The Balaban J connectivity index is 2.13. The highest BCUT2D eigenvalue weighted by Crippen LogP contribution is 2.37. The van der Waals surface area contributed by atoms with Crippen LogP contribution < -0.4 is 5.32 Å². The lowest BCUT2D eigenvalue weighted by Gasteiger charge is -2.15. The normalized spacial score (nSPS) is 11.5. The number of anilines is 1. The highest BCUT2D eigenvalue weighted by Gasteiger charge is 2.33. The highest BCUT2D eigenvalue weighted by atomic mass is 19.4. The maximum absolute atomic E-state index is 13.2. The van der Waals surface area contributed by atoms with Gasteiger partial charge in [0.2, 0.25) is 0 Å². The number of aromatic nitrogens is 1. The standard InChI is InChI=1S/C18H13F3N2O2/c19-18(20,21)14-8-4-7-12-15(13(17(24)25)10-23-16(12)14)22-9-11-5-2-1-3-6-11/h1-8,10H,9H2,(H,22,23)(H,24,25). The smallest absolute Gasteiger partial charge is 0.418 e. The van der Waals surface area contributed by atoms with E-state index in [0.717, 1.165) is 17.8 Å². The molecule has 3 aromatic rings. The number of nitrogens with zero attached hydrogens (tertiary/aromatic N) is 1. The molecule has 4 nitrogen and oxygen atoms in total. The molecule has 2 aromatic carbocycles. The molecule has 0 atom stereocenters. The van der Waals surface area contributed by atoms with Crippen LogP contribution in [0.4, 0.5) is 18.9 Å². The Hall–Kier alpha value is -3.09. The van der Waals surface area contributed by atoms with Crippen molar-refractivity contribution in [1.29, 1.82) is 0 Å². The number of aromatic carboxylic acids is 1. The maximum atomic E-state index is 13.2. The molecule has 0 spiro atoms. The predicted molar refractivity (Wildman–Crippen MR) is 87.5 cm³/mol. The third kappa shape index (κ3) is 3.40. The molecule has 0 aliphatic rings. The fourth-order valence-electron chi connectivity index (χ4n) is 2.59. The van der Waals surface area contributed by atoms with Gasteiger partial charge in [-0.2, -0.15) is 13.2 Å². The van der Waals surface area contributed by atoms with Crippen LogP contribution in [-0.4, -0.2) is 16.1 Å². The van der Waals surface area contributed by atoms with Crippen LogP contribution in [0.25, 0.3) is 10.9 Å². The van der Waals surface area contributed by atoms with Crippen molar-refractivity contribution in [3.05, 3.63) is 71.4 Å². The number of para-hydroxylation sites is 1. The summed E-state index contributed by atoms with van der Waals surface area (Å²) in [6.07, 6.45) is -3.62. The first-order valence-corrected chi connectivity index (χ1v) is 7.38. The Morgan fingerprint density at radius 1 is 1.08 bits per heavy atom. The lowest BCUT2D eigenvalue weighted by atomic mass is 10.0. The van der Waals surface area contributed by atoms with Gasteiger partial charge in [-0.15, -0.1) is 0 Å². The van der Waals surface area contributed by atoms with Crippen molar-refractivity contribution in [3.8, 4) is 0 Å². The van der Waals surface area contributed by atoms with Gasteiger partial charge in [-0.05, 0) is 11.6 Å². The summed E-state index contributed by atoms with van der Waals surface area (Å²) in [7, 11) is 0. The second-order valence-electron chi connectivity index (χ2n) is 5.39. The fraction of sp³-hybridized carbons (Fsp3) is 0.111. The van der Waals surface area contributed by atoms with Crippen molar-refractivity contribution in [2.24, 2.45) is 0 Å². The van der Waals surface area contributed by atoms with Gasteiger partial charge in [-0.3, -0.25) is 4.98 Å². The van der Waals surface area contributed by atoms with E-state index in [9.17, 15) is 23.1 Å². The second-order valence-corrected chi connectivity index (χ2v) is 5.39. The fourth-order valence-corrected chi connectivity index (χ4v) is 2.59. The number of carbonyl (C=O) groups is 1. The zero-order valence-corrected chi connectivity index (χ0v) is 12.8. The lowest BCUT2D eigenvalue weighted by Crippen LogP contribution is -2.11. The Morgan fingerprint density at radius 2 is 1.80 bits per heavy atom. The van der Waals surface area contributed by atoms with Crippen LogP contribution >= 0.6 is 0 Å². The van der Waals surface area contributed by atoms with Gasteiger partial charge in [-0.25, -0.2) is 4.79 Å². The van der Waals surface area contributed by atoms with Gasteiger partial charge in [0.1, 0.15) is 5.56 Å². The van der Waals surface area contributed by atoms with Crippen molar-refractivity contribution in [2.75, 3.05) is 5.32 Å². The molecule has 0 radical (unpaired) electrons. The topological polar surface area (TPSA) is 62.2 Å². The lowest BCUT2D eigenvalue weighted by molar-refractivity contribution is -0.136. The molecular weight excluding hydrogens is 333 g/mol. The molecule has 0 fully saturated rings. The number of alkyl halides is 3. The number of fused-ring (bicyclic) bond motifs is 1. The third-order valence-corrected chi connectivity index (χ3v) is 3.75. The minimum Gasteiger partial charge on any atom is -0.478 e. The molecule has 7 heteroatoms. The molecule has 0 unspecified atom stereocenters. The van der Waals surface area contributed by atoms with Crippen LogP contribution in [0.2, 0.25) is 0 Å². The van der Waals surface area contributed by atoms with Crippen LogP contribution in [-0.2, 0) is 12.7 Å². The molecule has 25 heavy (non-hydrogen) atoms. The second kappa shape index (κ2) is 6.43. The Morgan fingerprint density at radius 3 is 2.44 bits per heavy atom. The summed E-state index contributed by atoms with van der Waals surface area (Å²) in [5, 5.41) is 12.4. The van der Waals surface area contributed by atoms with Crippen LogP contribution in [0.15, 0.2) is 54.7 Å². The average molecular weight is 346 g/mol. The van der Waals surface area contributed by atoms with E-state index in [-0.39, 0.29) is 28.7 Å². The monoisotopic (exact) mass is 346 g/mol.